The summed E-state index contributed by atoms with van der Waals surface area (Å²) in [4.78, 5) is 10.9. The molecule has 1 heterocycles. The normalized spacial score (nSPS) is 30.8. The summed E-state index contributed by atoms with van der Waals surface area (Å²) in [5.41, 5.74) is 0. The third-order valence-corrected chi connectivity index (χ3v) is 3.31. The zero-order chi connectivity index (χ0) is 10.0. The lowest BCUT2D eigenvalue weighted by molar-refractivity contribution is -0.143. The molecular weight excluding hydrogens is 166 g/mol. The predicted octanol–water partition coefficient (Wildman–Crippen LogP) is 1.20. The molecule has 1 aliphatic heterocycles. The summed E-state index contributed by atoms with van der Waals surface area (Å²) < 4.78 is 0. The Labute approximate surface area is 79.5 Å². The zero-order valence-electron chi connectivity index (χ0n) is 8.58. The minimum atomic E-state index is -0.650. The van der Waals surface area contributed by atoms with E-state index in [0.717, 1.165) is 6.54 Å². The molecule has 76 valence electrons. The first-order valence-electron chi connectivity index (χ1n) is 4.97. The summed E-state index contributed by atoms with van der Waals surface area (Å²) in [5, 5.41) is 12.1. The molecule has 13 heavy (non-hydrogen) atoms. The summed E-state index contributed by atoms with van der Waals surface area (Å²) in [6.45, 7) is 7.95. The van der Waals surface area contributed by atoms with Gasteiger partial charge < -0.3 is 10.4 Å². The van der Waals surface area contributed by atoms with Gasteiger partial charge in [-0.3, -0.25) is 4.79 Å². The van der Waals surface area contributed by atoms with Gasteiger partial charge in [-0.25, -0.2) is 0 Å². The minimum Gasteiger partial charge on any atom is -0.481 e. The molecule has 3 nitrogen and oxygen atoms in total. The highest BCUT2D eigenvalue weighted by Gasteiger charge is 2.36. The van der Waals surface area contributed by atoms with Gasteiger partial charge >= 0.3 is 5.97 Å². The molecule has 0 amide bonds. The molecule has 0 saturated carbocycles. The maximum Gasteiger partial charge on any atom is 0.308 e. The van der Waals surface area contributed by atoms with E-state index >= 15 is 0 Å². The SMILES string of the molecule is CC(C)C(C)[C@@H]1CNCC1C(=O)O. The van der Waals surface area contributed by atoms with Crippen LogP contribution in [0.25, 0.3) is 0 Å². The number of carboxylic acids is 1. The smallest absolute Gasteiger partial charge is 0.308 e. The van der Waals surface area contributed by atoms with Gasteiger partial charge in [-0.15, -0.1) is 0 Å². The van der Waals surface area contributed by atoms with Crippen LogP contribution in [-0.4, -0.2) is 24.2 Å². The van der Waals surface area contributed by atoms with E-state index in [2.05, 4.69) is 26.1 Å². The quantitative estimate of drug-likeness (QED) is 0.694. The van der Waals surface area contributed by atoms with E-state index in [0.29, 0.717) is 24.3 Å². The van der Waals surface area contributed by atoms with Crippen molar-refractivity contribution >= 4 is 5.97 Å². The Bertz CT molecular complexity index is 191. The number of carbonyl (C=O) groups is 1. The fourth-order valence-corrected chi connectivity index (χ4v) is 2.02. The van der Waals surface area contributed by atoms with Crippen LogP contribution in [-0.2, 0) is 4.79 Å². The number of nitrogens with one attached hydrogen (secondary N) is 1. The van der Waals surface area contributed by atoms with E-state index in [9.17, 15) is 4.79 Å². The Morgan fingerprint density at radius 2 is 2.00 bits per heavy atom. The van der Waals surface area contributed by atoms with Gasteiger partial charge in [0.05, 0.1) is 5.92 Å². The second-order valence-electron chi connectivity index (χ2n) is 4.37. The van der Waals surface area contributed by atoms with Crippen LogP contribution < -0.4 is 5.32 Å². The Hall–Kier alpha value is -0.570. The third-order valence-electron chi connectivity index (χ3n) is 3.31. The summed E-state index contributed by atoms with van der Waals surface area (Å²) in [6, 6.07) is 0. The van der Waals surface area contributed by atoms with Gasteiger partial charge in [0.15, 0.2) is 0 Å². The van der Waals surface area contributed by atoms with Crippen LogP contribution in [0.5, 0.6) is 0 Å². The fraction of sp³-hybridized carbons (Fsp3) is 0.900. The summed E-state index contributed by atoms with van der Waals surface area (Å²) in [6.07, 6.45) is 0. The van der Waals surface area contributed by atoms with E-state index in [1.54, 1.807) is 0 Å². The Kier molecular flexibility index (Phi) is 3.31. The summed E-state index contributed by atoms with van der Waals surface area (Å²) >= 11 is 0. The lowest BCUT2D eigenvalue weighted by atomic mass is 9.79. The van der Waals surface area contributed by atoms with Crippen LogP contribution in [0, 0.1) is 23.7 Å². The van der Waals surface area contributed by atoms with Crippen LogP contribution in [0.2, 0.25) is 0 Å². The van der Waals surface area contributed by atoms with Crippen LogP contribution in [0.15, 0.2) is 0 Å². The van der Waals surface area contributed by atoms with Crippen molar-refractivity contribution in [2.75, 3.05) is 13.1 Å². The van der Waals surface area contributed by atoms with Gasteiger partial charge in [-0.05, 0) is 24.3 Å². The molecule has 3 atom stereocenters. The Morgan fingerprint density at radius 1 is 1.38 bits per heavy atom. The highest BCUT2D eigenvalue weighted by Crippen LogP contribution is 2.29. The molecule has 3 heteroatoms. The molecule has 0 bridgehead atoms. The van der Waals surface area contributed by atoms with Crippen molar-refractivity contribution in [2.24, 2.45) is 23.7 Å². The second kappa shape index (κ2) is 4.09. The first-order chi connectivity index (χ1) is 6.04. The second-order valence-corrected chi connectivity index (χ2v) is 4.37. The summed E-state index contributed by atoms with van der Waals surface area (Å²) in [5.74, 6) is 0.514. The molecule has 0 spiro atoms. The highest BCUT2D eigenvalue weighted by molar-refractivity contribution is 5.71. The van der Waals surface area contributed by atoms with Gasteiger partial charge in [-0.2, -0.15) is 0 Å². The standard InChI is InChI=1S/C10H19NO2/c1-6(2)7(3)8-4-11-5-9(8)10(12)13/h6-9,11H,4-5H2,1-3H3,(H,12,13)/t7?,8-,9?/m0/s1. The molecule has 0 radical (unpaired) electrons. The van der Waals surface area contributed by atoms with Crippen LogP contribution >= 0.6 is 0 Å². The van der Waals surface area contributed by atoms with Crippen molar-refractivity contribution < 1.29 is 9.90 Å². The Balaban J connectivity index is 2.62. The lowest BCUT2D eigenvalue weighted by Crippen LogP contribution is -2.29. The monoisotopic (exact) mass is 185 g/mol. The molecule has 1 rings (SSSR count). The molecule has 1 fully saturated rings. The molecule has 0 aromatic heterocycles. The van der Waals surface area contributed by atoms with Gasteiger partial charge in [0.25, 0.3) is 0 Å². The molecule has 2 N–H and O–H groups in total. The predicted molar refractivity (Wildman–Crippen MR) is 51.5 cm³/mol. The van der Waals surface area contributed by atoms with E-state index < -0.39 is 5.97 Å². The molecule has 2 unspecified atom stereocenters. The number of rotatable bonds is 3. The van der Waals surface area contributed by atoms with Crippen molar-refractivity contribution in [3.05, 3.63) is 0 Å². The van der Waals surface area contributed by atoms with Crippen LogP contribution in [0.1, 0.15) is 20.8 Å². The molecule has 0 aliphatic carbocycles. The van der Waals surface area contributed by atoms with Crippen molar-refractivity contribution in [1.29, 1.82) is 0 Å². The van der Waals surface area contributed by atoms with Gasteiger partial charge in [0.2, 0.25) is 0 Å². The molecule has 1 aliphatic rings. The van der Waals surface area contributed by atoms with Gasteiger partial charge in [0.1, 0.15) is 0 Å². The van der Waals surface area contributed by atoms with Gasteiger partial charge in [0, 0.05) is 6.54 Å². The minimum absolute atomic E-state index is 0.183. The first-order valence-corrected chi connectivity index (χ1v) is 4.97. The van der Waals surface area contributed by atoms with Gasteiger partial charge in [-0.1, -0.05) is 20.8 Å². The third kappa shape index (κ3) is 2.21. The Morgan fingerprint density at radius 3 is 2.46 bits per heavy atom. The average molecular weight is 185 g/mol. The van der Waals surface area contributed by atoms with Crippen molar-refractivity contribution in [2.45, 2.75) is 20.8 Å². The fourth-order valence-electron chi connectivity index (χ4n) is 2.02. The van der Waals surface area contributed by atoms with Crippen molar-refractivity contribution in [1.82, 2.24) is 5.32 Å². The highest BCUT2D eigenvalue weighted by atomic mass is 16.4. The number of hydrogen-bond donors (Lipinski definition) is 2. The maximum absolute atomic E-state index is 10.9. The largest absolute Gasteiger partial charge is 0.481 e. The van der Waals surface area contributed by atoms with E-state index in [-0.39, 0.29) is 5.92 Å². The lowest BCUT2D eigenvalue weighted by Gasteiger charge is -2.25. The summed E-state index contributed by atoms with van der Waals surface area (Å²) in [7, 11) is 0. The molecule has 1 saturated heterocycles. The number of hydrogen-bond acceptors (Lipinski definition) is 2. The maximum atomic E-state index is 10.9. The topological polar surface area (TPSA) is 49.3 Å². The molecule has 0 aromatic carbocycles. The zero-order valence-corrected chi connectivity index (χ0v) is 8.58. The molecular formula is C10H19NO2. The number of aliphatic carboxylic acids is 1. The van der Waals surface area contributed by atoms with Crippen LogP contribution in [0.3, 0.4) is 0 Å². The molecule has 0 aromatic rings. The van der Waals surface area contributed by atoms with Crippen molar-refractivity contribution in [3.63, 3.8) is 0 Å². The van der Waals surface area contributed by atoms with E-state index in [1.807, 2.05) is 0 Å². The number of carboxylic acid groups (broad SMARTS) is 1. The first kappa shape index (κ1) is 10.5. The van der Waals surface area contributed by atoms with Crippen LogP contribution in [0.4, 0.5) is 0 Å². The van der Waals surface area contributed by atoms with E-state index in [4.69, 9.17) is 5.11 Å². The van der Waals surface area contributed by atoms with E-state index in [1.165, 1.54) is 0 Å². The average Bonchev–Trinajstić information content (AvgIpc) is 2.50. The van der Waals surface area contributed by atoms with Crippen molar-refractivity contribution in [3.8, 4) is 0 Å².